The molecular formula is C24H29FN4O3. The second-order valence-corrected chi connectivity index (χ2v) is 8.12. The average Bonchev–Trinajstić information content (AvgIpc) is 2.80. The maximum absolute atomic E-state index is 13.0. The lowest BCUT2D eigenvalue weighted by Crippen LogP contribution is -2.51. The van der Waals surface area contributed by atoms with E-state index < -0.39 is 17.9 Å². The van der Waals surface area contributed by atoms with Gasteiger partial charge in [0.05, 0.1) is 6.04 Å². The van der Waals surface area contributed by atoms with E-state index >= 15 is 0 Å². The van der Waals surface area contributed by atoms with Crippen molar-refractivity contribution in [3.8, 4) is 0 Å². The number of hydrogen-bond acceptors (Lipinski definition) is 4. The topological polar surface area (TPSA) is 105 Å². The van der Waals surface area contributed by atoms with Gasteiger partial charge in [-0.05, 0) is 56.0 Å². The van der Waals surface area contributed by atoms with Crippen LogP contribution < -0.4 is 16.4 Å². The van der Waals surface area contributed by atoms with E-state index in [2.05, 4.69) is 10.6 Å². The van der Waals surface area contributed by atoms with E-state index in [1.165, 1.54) is 24.3 Å². The van der Waals surface area contributed by atoms with Crippen LogP contribution in [0, 0.1) is 11.7 Å². The Hall–Kier alpha value is -3.26. The van der Waals surface area contributed by atoms with Crippen LogP contribution in [0.4, 0.5) is 10.1 Å². The molecule has 3 rings (SSSR count). The molecule has 7 nitrogen and oxygen atoms in total. The molecule has 170 valence electrons. The van der Waals surface area contributed by atoms with Crippen LogP contribution in [0.1, 0.15) is 25.3 Å². The summed E-state index contributed by atoms with van der Waals surface area (Å²) in [5, 5.41) is 5.37. The fraction of sp³-hybridized carbons (Fsp3) is 0.375. The number of carbonyl (C=O) groups is 3. The first-order valence-electron chi connectivity index (χ1n) is 10.8. The van der Waals surface area contributed by atoms with Gasteiger partial charge in [0.25, 0.3) is 0 Å². The van der Waals surface area contributed by atoms with E-state index in [1.807, 2.05) is 30.3 Å². The van der Waals surface area contributed by atoms with Gasteiger partial charge in [-0.25, -0.2) is 4.39 Å². The number of rotatable bonds is 7. The fourth-order valence-electron chi connectivity index (χ4n) is 3.73. The molecule has 2 aromatic carbocycles. The molecule has 2 aromatic rings. The van der Waals surface area contributed by atoms with Gasteiger partial charge in [0.2, 0.25) is 17.7 Å². The van der Waals surface area contributed by atoms with Crippen LogP contribution in [0.2, 0.25) is 0 Å². The molecule has 2 atom stereocenters. The molecule has 1 heterocycles. The van der Waals surface area contributed by atoms with Crippen molar-refractivity contribution < 1.29 is 18.8 Å². The number of benzene rings is 2. The predicted molar refractivity (Wildman–Crippen MR) is 120 cm³/mol. The van der Waals surface area contributed by atoms with Crippen molar-refractivity contribution in [2.45, 2.75) is 38.3 Å². The number of carbonyl (C=O) groups excluding carboxylic acids is 3. The molecule has 0 aliphatic carbocycles. The first kappa shape index (κ1) is 23.4. The standard InChI is InChI=1S/C24H29FN4O3/c1-16(22(30)28-20-9-7-19(25)8-10-20)27-23(31)18-11-13-29(14-12-18)24(32)21(26)15-17-5-3-2-4-6-17/h2-10,16,18,21H,11-15,26H2,1H3,(H,27,31)(H,28,30). The zero-order valence-corrected chi connectivity index (χ0v) is 18.1. The second-order valence-electron chi connectivity index (χ2n) is 8.12. The van der Waals surface area contributed by atoms with E-state index in [0.717, 1.165) is 5.56 Å². The molecule has 0 aromatic heterocycles. The quantitative estimate of drug-likeness (QED) is 0.613. The summed E-state index contributed by atoms with van der Waals surface area (Å²) < 4.78 is 13.0. The van der Waals surface area contributed by atoms with Crippen molar-refractivity contribution in [1.29, 1.82) is 0 Å². The van der Waals surface area contributed by atoms with Gasteiger partial charge in [-0.1, -0.05) is 30.3 Å². The minimum absolute atomic E-state index is 0.111. The molecular weight excluding hydrogens is 411 g/mol. The Balaban J connectivity index is 1.43. The van der Waals surface area contributed by atoms with Crippen molar-refractivity contribution in [2.24, 2.45) is 11.7 Å². The molecule has 0 saturated carbocycles. The minimum atomic E-state index is -0.744. The normalized spacial score (nSPS) is 16.2. The summed E-state index contributed by atoms with van der Waals surface area (Å²) in [5.41, 5.74) is 7.57. The molecule has 8 heteroatoms. The van der Waals surface area contributed by atoms with Crippen LogP contribution >= 0.6 is 0 Å². The number of nitrogens with one attached hydrogen (secondary N) is 2. The summed E-state index contributed by atoms with van der Waals surface area (Å²) in [6.45, 7) is 2.50. The lowest BCUT2D eigenvalue weighted by molar-refractivity contribution is -0.137. The third-order valence-electron chi connectivity index (χ3n) is 5.66. The van der Waals surface area contributed by atoms with Gasteiger partial charge < -0.3 is 21.3 Å². The molecule has 0 spiro atoms. The Morgan fingerprint density at radius 2 is 1.69 bits per heavy atom. The highest BCUT2D eigenvalue weighted by Crippen LogP contribution is 2.19. The van der Waals surface area contributed by atoms with Crippen LogP contribution in [0.3, 0.4) is 0 Å². The molecule has 0 radical (unpaired) electrons. The van der Waals surface area contributed by atoms with Gasteiger partial charge in [-0.3, -0.25) is 14.4 Å². The number of anilines is 1. The van der Waals surface area contributed by atoms with Crippen LogP contribution in [-0.2, 0) is 20.8 Å². The van der Waals surface area contributed by atoms with Gasteiger partial charge in [-0.15, -0.1) is 0 Å². The van der Waals surface area contributed by atoms with E-state index in [-0.39, 0.29) is 23.6 Å². The summed E-state index contributed by atoms with van der Waals surface area (Å²) in [5.74, 6) is -1.38. The van der Waals surface area contributed by atoms with E-state index in [0.29, 0.717) is 38.0 Å². The van der Waals surface area contributed by atoms with Gasteiger partial charge in [0.15, 0.2) is 0 Å². The first-order valence-corrected chi connectivity index (χ1v) is 10.8. The van der Waals surface area contributed by atoms with Gasteiger partial charge in [0, 0.05) is 24.7 Å². The number of nitrogens with zero attached hydrogens (tertiary/aromatic N) is 1. The van der Waals surface area contributed by atoms with E-state index in [1.54, 1.807) is 11.8 Å². The molecule has 0 bridgehead atoms. The lowest BCUT2D eigenvalue weighted by Gasteiger charge is -2.33. The van der Waals surface area contributed by atoms with E-state index in [9.17, 15) is 18.8 Å². The fourth-order valence-corrected chi connectivity index (χ4v) is 3.73. The summed E-state index contributed by atoms with van der Waals surface area (Å²) in [6, 6.07) is 13.7. The number of hydrogen-bond donors (Lipinski definition) is 3. The number of amides is 3. The Bertz CT molecular complexity index is 928. The van der Waals surface area contributed by atoms with Gasteiger partial charge in [-0.2, -0.15) is 0 Å². The van der Waals surface area contributed by atoms with Crippen molar-refractivity contribution in [3.05, 3.63) is 66.0 Å². The number of halogens is 1. The van der Waals surface area contributed by atoms with Crippen molar-refractivity contribution in [1.82, 2.24) is 10.2 Å². The van der Waals surface area contributed by atoms with Crippen LogP contribution in [-0.4, -0.2) is 47.8 Å². The third kappa shape index (κ3) is 6.37. The summed E-state index contributed by atoms with van der Waals surface area (Å²) in [4.78, 5) is 39.3. The van der Waals surface area contributed by atoms with Crippen LogP contribution in [0.5, 0.6) is 0 Å². The van der Waals surface area contributed by atoms with Crippen molar-refractivity contribution in [3.63, 3.8) is 0 Å². The molecule has 3 amide bonds. The molecule has 1 fully saturated rings. The Kier molecular flexibility index (Phi) is 7.94. The third-order valence-corrected chi connectivity index (χ3v) is 5.66. The largest absolute Gasteiger partial charge is 0.344 e. The highest BCUT2D eigenvalue weighted by Gasteiger charge is 2.30. The molecule has 1 aliphatic heterocycles. The summed E-state index contributed by atoms with van der Waals surface area (Å²) in [6.07, 6.45) is 1.50. The average molecular weight is 441 g/mol. The number of likely N-dealkylation sites (tertiary alicyclic amines) is 1. The second kappa shape index (κ2) is 10.9. The predicted octanol–water partition coefficient (Wildman–Crippen LogP) is 2.08. The zero-order chi connectivity index (χ0) is 23.1. The minimum Gasteiger partial charge on any atom is -0.344 e. The lowest BCUT2D eigenvalue weighted by atomic mass is 9.94. The SMILES string of the molecule is CC(NC(=O)C1CCN(C(=O)C(N)Cc2ccccc2)CC1)C(=O)Nc1ccc(F)cc1. The Morgan fingerprint density at radius 3 is 2.31 bits per heavy atom. The van der Waals surface area contributed by atoms with Crippen molar-refractivity contribution >= 4 is 23.4 Å². The monoisotopic (exact) mass is 440 g/mol. The molecule has 2 unspecified atom stereocenters. The molecule has 1 aliphatic rings. The van der Waals surface area contributed by atoms with Gasteiger partial charge in [0.1, 0.15) is 11.9 Å². The van der Waals surface area contributed by atoms with Crippen LogP contribution in [0.25, 0.3) is 0 Å². The zero-order valence-electron chi connectivity index (χ0n) is 18.1. The summed E-state index contributed by atoms with van der Waals surface area (Å²) in [7, 11) is 0. The molecule has 1 saturated heterocycles. The van der Waals surface area contributed by atoms with Crippen molar-refractivity contribution in [2.75, 3.05) is 18.4 Å². The Morgan fingerprint density at radius 1 is 1.06 bits per heavy atom. The number of nitrogens with two attached hydrogens (primary N) is 1. The Labute approximate surface area is 187 Å². The molecule has 4 N–H and O–H groups in total. The maximum Gasteiger partial charge on any atom is 0.246 e. The first-order chi connectivity index (χ1) is 15.3. The number of piperidine rings is 1. The maximum atomic E-state index is 13.0. The van der Waals surface area contributed by atoms with E-state index in [4.69, 9.17) is 5.73 Å². The molecule has 32 heavy (non-hydrogen) atoms. The highest BCUT2D eigenvalue weighted by atomic mass is 19.1. The summed E-state index contributed by atoms with van der Waals surface area (Å²) >= 11 is 0. The highest BCUT2D eigenvalue weighted by molar-refractivity contribution is 5.97. The smallest absolute Gasteiger partial charge is 0.246 e. The van der Waals surface area contributed by atoms with Crippen LogP contribution in [0.15, 0.2) is 54.6 Å². The van der Waals surface area contributed by atoms with Gasteiger partial charge >= 0.3 is 0 Å².